The Morgan fingerprint density at radius 2 is 2.00 bits per heavy atom. The zero-order valence-electron chi connectivity index (χ0n) is 15.0. The molecule has 1 heterocycles. The standard InChI is InChI=1S/C21H23NO4/c1-24-19-9-7-15(12-20(19)25-2)8-10-21(23)22-13-16-11-17-5-3-4-6-18(17)26-14-16/h3-10,12,16H,11,13-14H2,1-2H3,(H,22,23)/b10-8+. The fourth-order valence-corrected chi connectivity index (χ4v) is 2.95. The van der Waals surface area contributed by atoms with E-state index in [0.717, 1.165) is 17.7 Å². The molecule has 0 aromatic heterocycles. The summed E-state index contributed by atoms with van der Waals surface area (Å²) in [4.78, 5) is 12.1. The van der Waals surface area contributed by atoms with Crippen molar-refractivity contribution in [2.24, 2.45) is 5.92 Å². The number of carbonyl (C=O) groups excluding carboxylic acids is 1. The smallest absolute Gasteiger partial charge is 0.244 e. The Hall–Kier alpha value is -2.95. The van der Waals surface area contributed by atoms with E-state index in [9.17, 15) is 4.79 Å². The van der Waals surface area contributed by atoms with E-state index >= 15 is 0 Å². The molecule has 136 valence electrons. The van der Waals surface area contributed by atoms with Crippen molar-refractivity contribution in [1.82, 2.24) is 5.32 Å². The first-order valence-corrected chi connectivity index (χ1v) is 8.58. The van der Waals surface area contributed by atoms with Gasteiger partial charge in [-0.3, -0.25) is 4.79 Å². The predicted molar refractivity (Wildman–Crippen MR) is 101 cm³/mol. The molecule has 5 nitrogen and oxygen atoms in total. The quantitative estimate of drug-likeness (QED) is 0.811. The number of benzene rings is 2. The number of carbonyl (C=O) groups is 1. The molecule has 0 saturated heterocycles. The van der Waals surface area contributed by atoms with Crippen LogP contribution in [0.15, 0.2) is 48.5 Å². The van der Waals surface area contributed by atoms with Gasteiger partial charge < -0.3 is 19.5 Å². The molecule has 1 aliphatic heterocycles. The molecule has 1 N–H and O–H groups in total. The van der Waals surface area contributed by atoms with Crippen molar-refractivity contribution in [3.63, 3.8) is 0 Å². The van der Waals surface area contributed by atoms with E-state index in [1.54, 1.807) is 20.3 Å². The van der Waals surface area contributed by atoms with Crippen LogP contribution in [0, 0.1) is 5.92 Å². The summed E-state index contributed by atoms with van der Waals surface area (Å²) >= 11 is 0. The van der Waals surface area contributed by atoms with Crippen molar-refractivity contribution < 1.29 is 19.0 Å². The van der Waals surface area contributed by atoms with Gasteiger partial charge in [0.15, 0.2) is 11.5 Å². The van der Waals surface area contributed by atoms with Gasteiger partial charge in [-0.25, -0.2) is 0 Å². The average Bonchev–Trinajstić information content (AvgIpc) is 2.70. The van der Waals surface area contributed by atoms with E-state index < -0.39 is 0 Å². The number of hydrogen-bond donors (Lipinski definition) is 1. The van der Waals surface area contributed by atoms with Crippen LogP contribution in [0.3, 0.4) is 0 Å². The lowest BCUT2D eigenvalue weighted by molar-refractivity contribution is -0.116. The molecule has 0 fully saturated rings. The van der Waals surface area contributed by atoms with Gasteiger partial charge >= 0.3 is 0 Å². The SMILES string of the molecule is COc1ccc(/C=C/C(=O)NCC2COc3ccccc3C2)cc1OC. The Bertz CT molecular complexity index is 800. The molecular weight excluding hydrogens is 330 g/mol. The molecular formula is C21H23NO4. The van der Waals surface area contributed by atoms with Crippen LogP contribution in [0.5, 0.6) is 17.2 Å². The van der Waals surface area contributed by atoms with Crippen LogP contribution in [0.25, 0.3) is 6.08 Å². The van der Waals surface area contributed by atoms with Crippen LogP contribution >= 0.6 is 0 Å². The van der Waals surface area contributed by atoms with E-state index in [0.29, 0.717) is 24.7 Å². The molecule has 3 rings (SSSR count). The van der Waals surface area contributed by atoms with Gasteiger partial charge in [0, 0.05) is 18.5 Å². The minimum Gasteiger partial charge on any atom is -0.493 e. The van der Waals surface area contributed by atoms with Crippen molar-refractivity contribution >= 4 is 12.0 Å². The van der Waals surface area contributed by atoms with Crippen molar-refractivity contribution in [2.75, 3.05) is 27.4 Å². The summed E-state index contributed by atoms with van der Waals surface area (Å²) in [7, 11) is 3.18. The first-order chi connectivity index (χ1) is 12.7. The van der Waals surface area contributed by atoms with Gasteiger partial charge in [-0.05, 0) is 41.8 Å². The molecule has 0 bridgehead atoms. The third-order valence-corrected chi connectivity index (χ3v) is 4.36. The first kappa shape index (κ1) is 17.9. The van der Waals surface area contributed by atoms with E-state index in [1.807, 2.05) is 36.4 Å². The highest BCUT2D eigenvalue weighted by Crippen LogP contribution is 2.28. The number of para-hydroxylation sites is 1. The van der Waals surface area contributed by atoms with Crippen molar-refractivity contribution in [2.45, 2.75) is 6.42 Å². The molecule has 0 radical (unpaired) electrons. The second-order valence-corrected chi connectivity index (χ2v) is 6.18. The molecule has 2 aromatic carbocycles. The van der Waals surface area contributed by atoms with E-state index in [-0.39, 0.29) is 11.8 Å². The molecule has 1 atom stereocenters. The molecule has 2 aromatic rings. The lowest BCUT2D eigenvalue weighted by Crippen LogP contribution is -2.33. The molecule has 1 amide bonds. The summed E-state index contributed by atoms with van der Waals surface area (Å²) in [5.74, 6) is 2.39. The number of hydrogen-bond acceptors (Lipinski definition) is 4. The van der Waals surface area contributed by atoms with Crippen LogP contribution in [-0.4, -0.2) is 33.3 Å². The fourth-order valence-electron chi connectivity index (χ4n) is 2.95. The summed E-state index contributed by atoms with van der Waals surface area (Å²) in [5, 5.41) is 2.94. The van der Waals surface area contributed by atoms with Crippen LogP contribution < -0.4 is 19.5 Å². The number of amides is 1. The lowest BCUT2D eigenvalue weighted by Gasteiger charge is -2.25. The van der Waals surface area contributed by atoms with Gasteiger partial charge in [-0.15, -0.1) is 0 Å². The van der Waals surface area contributed by atoms with Crippen LogP contribution in [0.4, 0.5) is 0 Å². The molecule has 0 saturated carbocycles. The Labute approximate surface area is 153 Å². The maximum absolute atomic E-state index is 12.1. The summed E-state index contributed by atoms with van der Waals surface area (Å²) in [6.45, 7) is 1.21. The van der Waals surface area contributed by atoms with Gasteiger partial charge in [0.2, 0.25) is 5.91 Å². The van der Waals surface area contributed by atoms with Crippen LogP contribution in [0.2, 0.25) is 0 Å². The predicted octanol–water partition coefficient (Wildman–Crippen LogP) is 3.08. The number of rotatable bonds is 6. The summed E-state index contributed by atoms with van der Waals surface area (Å²) < 4.78 is 16.2. The van der Waals surface area contributed by atoms with Crippen molar-refractivity contribution in [3.8, 4) is 17.2 Å². The molecule has 26 heavy (non-hydrogen) atoms. The van der Waals surface area contributed by atoms with Crippen molar-refractivity contribution in [1.29, 1.82) is 0 Å². The molecule has 1 aliphatic rings. The van der Waals surface area contributed by atoms with Crippen molar-refractivity contribution in [3.05, 3.63) is 59.7 Å². The zero-order chi connectivity index (χ0) is 18.4. The van der Waals surface area contributed by atoms with Gasteiger partial charge in [0.25, 0.3) is 0 Å². The molecule has 0 aliphatic carbocycles. The third-order valence-electron chi connectivity index (χ3n) is 4.36. The van der Waals surface area contributed by atoms with E-state index in [1.165, 1.54) is 11.6 Å². The van der Waals surface area contributed by atoms with Gasteiger partial charge in [0.05, 0.1) is 20.8 Å². The van der Waals surface area contributed by atoms with Gasteiger partial charge in [0.1, 0.15) is 5.75 Å². The highest BCUT2D eigenvalue weighted by Gasteiger charge is 2.19. The minimum absolute atomic E-state index is 0.126. The van der Waals surface area contributed by atoms with Crippen LogP contribution in [0.1, 0.15) is 11.1 Å². The van der Waals surface area contributed by atoms with Gasteiger partial charge in [-0.1, -0.05) is 24.3 Å². The maximum Gasteiger partial charge on any atom is 0.244 e. The van der Waals surface area contributed by atoms with E-state index in [2.05, 4.69) is 11.4 Å². The normalized spacial score (nSPS) is 15.8. The Balaban J connectivity index is 1.52. The molecule has 0 spiro atoms. The minimum atomic E-state index is -0.126. The monoisotopic (exact) mass is 353 g/mol. The Morgan fingerprint density at radius 3 is 2.81 bits per heavy atom. The molecule has 1 unspecified atom stereocenters. The first-order valence-electron chi connectivity index (χ1n) is 8.58. The zero-order valence-corrected chi connectivity index (χ0v) is 15.0. The fraction of sp³-hybridized carbons (Fsp3) is 0.286. The maximum atomic E-state index is 12.1. The second kappa shape index (κ2) is 8.43. The molecule has 5 heteroatoms. The Morgan fingerprint density at radius 1 is 1.19 bits per heavy atom. The summed E-state index contributed by atoms with van der Waals surface area (Å²) in [5.41, 5.74) is 2.06. The van der Waals surface area contributed by atoms with Crippen LogP contribution in [-0.2, 0) is 11.2 Å². The Kier molecular flexibility index (Phi) is 5.79. The second-order valence-electron chi connectivity index (χ2n) is 6.18. The largest absolute Gasteiger partial charge is 0.493 e. The highest BCUT2D eigenvalue weighted by atomic mass is 16.5. The summed E-state index contributed by atoms with van der Waals surface area (Å²) in [6.07, 6.45) is 4.19. The number of ether oxygens (including phenoxy) is 3. The topological polar surface area (TPSA) is 56.8 Å². The van der Waals surface area contributed by atoms with Gasteiger partial charge in [-0.2, -0.15) is 0 Å². The highest BCUT2D eigenvalue weighted by molar-refractivity contribution is 5.91. The third kappa shape index (κ3) is 4.36. The number of methoxy groups -OCH3 is 2. The number of fused-ring (bicyclic) bond motifs is 1. The summed E-state index contributed by atoms with van der Waals surface area (Å²) in [6, 6.07) is 13.5. The lowest BCUT2D eigenvalue weighted by atomic mass is 9.97. The van der Waals surface area contributed by atoms with E-state index in [4.69, 9.17) is 14.2 Å². The number of nitrogens with one attached hydrogen (secondary N) is 1. The average molecular weight is 353 g/mol.